The Kier molecular flexibility index (Phi) is 3.58. The fraction of sp³-hybridized carbons (Fsp3) is 0.263. The first-order valence-electron chi connectivity index (χ1n) is 8.12. The van der Waals surface area contributed by atoms with E-state index in [2.05, 4.69) is 40.5 Å². The van der Waals surface area contributed by atoms with Gasteiger partial charge in [-0.1, -0.05) is 42.4 Å². The molecule has 0 spiro atoms. The van der Waals surface area contributed by atoms with E-state index in [1.807, 2.05) is 18.2 Å². The summed E-state index contributed by atoms with van der Waals surface area (Å²) < 4.78 is 0. The molecule has 0 fully saturated rings. The van der Waals surface area contributed by atoms with Crippen LogP contribution in [0.15, 0.2) is 41.6 Å². The minimum atomic E-state index is -0.200. The number of nitrogens with zero attached hydrogens (tertiary/aromatic N) is 2. The summed E-state index contributed by atoms with van der Waals surface area (Å²) in [5.41, 5.74) is 6.89. The van der Waals surface area contributed by atoms with Crippen LogP contribution in [0.3, 0.4) is 0 Å². The summed E-state index contributed by atoms with van der Waals surface area (Å²) in [6.45, 7) is 4.88. The average molecular weight is 321 g/mol. The van der Waals surface area contributed by atoms with Gasteiger partial charge in [-0.05, 0) is 34.9 Å². The molecule has 0 radical (unpaired) electrons. The maximum Gasteiger partial charge on any atom is 0.278 e. The smallest absolute Gasteiger partial charge is 0.278 e. The summed E-state index contributed by atoms with van der Waals surface area (Å²) in [6, 6.07) is 12.4. The van der Waals surface area contributed by atoms with Crippen LogP contribution in [0.2, 0.25) is 0 Å². The molecule has 5 nitrogen and oxygen atoms in total. The van der Waals surface area contributed by atoms with Gasteiger partial charge in [-0.15, -0.1) is 0 Å². The molecule has 2 aliphatic rings. The van der Waals surface area contributed by atoms with E-state index in [1.165, 1.54) is 23.8 Å². The minimum Gasteiger partial charge on any atom is -0.398 e. The lowest BCUT2D eigenvalue weighted by Crippen LogP contribution is -2.16. The Morgan fingerprint density at radius 2 is 1.92 bits per heavy atom. The van der Waals surface area contributed by atoms with Crippen molar-refractivity contribution in [3.63, 3.8) is 0 Å². The van der Waals surface area contributed by atoms with Crippen molar-refractivity contribution in [3.05, 3.63) is 53.1 Å². The lowest BCUT2D eigenvalue weighted by Gasteiger charge is -2.12. The van der Waals surface area contributed by atoms with Crippen LogP contribution in [0.4, 0.5) is 5.69 Å². The lowest BCUT2D eigenvalue weighted by molar-refractivity contribution is -0.110. The predicted octanol–water partition coefficient (Wildman–Crippen LogP) is 2.99. The fourth-order valence-corrected chi connectivity index (χ4v) is 3.54. The lowest BCUT2D eigenvalue weighted by atomic mass is 9.92. The van der Waals surface area contributed by atoms with Crippen molar-refractivity contribution in [1.82, 2.24) is 4.90 Å². The molecule has 1 N–H and O–H groups in total. The molecule has 0 aromatic heterocycles. The number of rotatable bonds is 3. The number of fused-ring (bicyclic) bond motifs is 3. The molecule has 0 unspecified atom stereocenters. The molecule has 2 aliphatic heterocycles. The number of hydrogen-bond acceptors (Lipinski definition) is 4. The second-order valence-electron chi connectivity index (χ2n) is 6.05. The summed E-state index contributed by atoms with van der Waals surface area (Å²) >= 11 is 0. The topological polar surface area (TPSA) is 53.9 Å². The van der Waals surface area contributed by atoms with Crippen LogP contribution in [-0.4, -0.2) is 30.2 Å². The van der Waals surface area contributed by atoms with Gasteiger partial charge in [-0.2, -0.15) is 0 Å². The summed E-state index contributed by atoms with van der Waals surface area (Å²) in [7, 11) is 1.46. The van der Waals surface area contributed by atoms with Crippen molar-refractivity contribution in [2.75, 3.05) is 19.0 Å². The third-order valence-electron chi connectivity index (χ3n) is 4.74. The second kappa shape index (κ2) is 5.76. The Labute approximate surface area is 140 Å². The zero-order valence-corrected chi connectivity index (χ0v) is 13.8. The average Bonchev–Trinajstić information content (AvgIpc) is 3.17. The summed E-state index contributed by atoms with van der Waals surface area (Å²) in [5, 5.41) is 6.92. The predicted molar refractivity (Wildman–Crippen MR) is 93.8 cm³/mol. The molecular weight excluding hydrogens is 302 g/mol. The molecular formula is C19H19N3O2. The molecule has 24 heavy (non-hydrogen) atoms. The monoisotopic (exact) mass is 321 g/mol. The number of nitrogens with one attached hydrogen (secondary N) is 1. The van der Waals surface area contributed by atoms with Crippen molar-refractivity contribution < 1.29 is 9.63 Å². The SMILES string of the molecule is CCN1Cc2c(-c3ccccc3)cc3c(c2C1)NC(=O)/C3=N/OC. The molecule has 2 aromatic rings. The van der Waals surface area contributed by atoms with Crippen LogP contribution in [0.1, 0.15) is 23.6 Å². The van der Waals surface area contributed by atoms with Gasteiger partial charge in [0.15, 0.2) is 5.71 Å². The molecule has 0 aliphatic carbocycles. The molecule has 2 heterocycles. The highest BCUT2D eigenvalue weighted by Crippen LogP contribution is 2.41. The van der Waals surface area contributed by atoms with Crippen molar-refractivity contribution in [1.29, 1.82) is 0 Å². The number of carbonyl (C=O) groups excluding carboxylic acids is 1. The van der Waals surface area contributed by atoms with Gasteiger partial charge >= 0.3 is 0 Å². The van der Waals surface area contributed by atoms with Gasteiger partial charge in [-0.3, -0.25) is 9.69 Å². The third-order valence-corrected chi connectivity index (χ3v) is 4.74. The first-order chi connectivity index (χ1) is 11.7. The highest BCUT2D eigenvalue weighted by Gasteiger charge is 2.34. The summed E-state index contributed by atoms with van der Waals surface area (Å²) in [6.07, 6.45) is 0. The van der Waals surface area contributed by atoms with E-state index in [0.29, 0.717) is 5.71 Å². The standard InChI is InChI=1S/C19H19N3O2/c1-3-22-10-15-13(12-7-5-4-6-8-12)9-14-17(16(15)11-22)20-19(23)18(14)21-24-2/h4-9H,3,10-11H2,1-2H3,(H,20,21,23). The van der Waals surface area contributed by atoms with E-state index >= 15 is 0 Å². The summed E-state index contributed by atoms with van der Waals surface area (Å²) in [5.74, 6) is -0.200. The first kappa shape index (κ1) is 14.9. The number of oxime groups is 1. The number of anilines is 1. The Morgan fingerprint density at radius 1 is 1.17 bits per heavy atom. The number of hydrogen-bond donors (Lipinski definition) is 1. The van der Waals surface area contributed by atoms with E-state index in [1.54, 1.807) is 0 Å². The third kappa shape index (κ3) is 2.20. The quantitative estimate of drug-likeness (QED) is 0.884. The molecule has 4 rings (SSSR count). The Balaban J connectivity index is 1.96. The van der Waals surface area contributed by atoms with Crippen molar-refractivity contribution in [2.45, 2.75) is 20.0 Å². The van der Waals surface area contributed by atoms with Gasteiger partial charge in [-0.25, -0.2) is 0 Å². The highest BCUT2D eigenvalue weighted by atomic mass is 16.6. The van der Waals surface area contributed by atoms with Crippen molar-refractivity contribution in [2.24, 2.45) is 5.16 Å². The highest BCUT2D eigenvalue weighted by molar-refractivity contribution is 6.54. The van der Waals surface area contributed by atoms with Gasteiger partial charge in [0, 0.05) is 18.7 Å². The molecule has 122 valence electrons. The van der Waals surface area contributed by atoms with Gasteiger partial charge in [0.05, 0.1) is 5.69 Å². The van der Waals surface area contributed by atoms with Crippen LogP contribution in [0, 0.1) is 0 Å². The van der Waals surface area contributed by atoms with Crippen LogP contribution < -0.4 is 5.32 Å². The molecule has 5 heteroatoms. The molecule has 0 saturated carbocycles. The maximum absolute atomic E-state index is 12.3. The van der Waals surface area contributed by atoms with Gasteiger partial charge in [0.1, 0.15) is 7.11 Å². The maximum atomic E-state index is 12.3. The number of benzene rings is 2. The van der Waals surface area contributed by atoms with Crippen molar-refractivity contribution in [3.8, 4) is 11.1 Å². The molecule has 1 amide bonds. The molecule has 0 saturated heterocycles. The van der Waals surface area contributed by atoms with E-state index in [-0.39, 0.29) is 5.91 Å². The zero-order chi connectivity index (χ0) is 16.7. The van der Waals surface area contributed by atoms with Crippen molar-refractivity contribution >= 4 is 17.3 Å². The van der Waals surface area contributed by atoms with Crippen LogP contribution in [-0.2, 0) is 22.7 Å². The number of carbonyl (C=O) groups is 1. The van der Waals surface area contributed by atoms with Gasteiger partial charge < -0.3 is 10.2 Å². The van der Waals surface area contributed by atoms with E-state index in [0.717, 1.165) is 36.4 Å². The minimum absolute atomic E-state index is 0.200. The van der Waals surface area contributed by atoms with E-state index < -0.39 is 0 Å². The van der Waals surface area contributed by atoms with Crippen LogP contribution in [0.25, 0.3) is 11.1 Å². The Morgan fingerprint density at radius 3 is 2.62 bits per heavy atom. The normalized spacial score (nSPS) is 17.8. The van der Waals surface area contributed by atoms with E-state index in [4.69, 9.17) is 4.84 Å². The zero-order valence-electron chi connectivity index (χ0n) is 13.8. The Bertz CT molecular complexity index is 843. The molecule has 0 atom stereocenters. The van der Waals surface area contributed by atoms with Gasteiger partial charge in [0.25, 0.3) is 5.91 Å². The van der Waals surface area contributed by atoms with Gasteiger partial charge in [0.2, 0.25) is 0 Å². The van der Waals surface area contributed by atoms with Crippen LogP contribution in [0.5, 0.6) is 0 Å². The molecule has 2 aromatic carbocycles. The molecule has 0 bridgehead atoms. The summed E-state index contributed by atoms with van der Waals surface area (Å²) in [4.78, 5) is 19.5. The Hall–Kier alpha value is -2.66. The first-order valence-corrected chi connectivity index (χ1v) is 8.12. The second-order valence-corrected chi connectivity index (χ2v) is 6.05. The van der Waals surface area contributed by atoms with E-state index in [9.17, 15) is 4.79 Å². The number of amides is 1. The fourth-order valence-electron chi connectivity index (χ4n) is 3.54. The van der Waals surface area contributed by atoms with Crippen LogP contribution >= 0.6 is 0 Å². The largest absolute Gasteiger partial charge is 0.398 e.